The van der Waals surface area contributed by atoms with Crippen molar-refractivity contribution in [1.82, 2.24) is 0 Å². The number of nitrogens with two attached hydrogens (primary N) is 1. The summed E-state index contributed by atoms with van der Waals surface area (Å²) in [5.41, 5.74) is 5.50. The SMILES string of the molecule is CC.N#Cc1cc(F)c(N)cc1Oc1ccccc1. The highest BCUT2D eigenvalue weighted by Gasteiger charge is 2.09. The van der Waals surface area contributed by atoms with Crippen molar-refractivity contribution in [2.45, 2.75) is 13.8 Å². The van der Waals surface area contributed by atoms with Crippen molar-refractivity contribution in [3.8, 4) is 17.6 Å². The number of rotatable bonds is 2. The third-order valence-corrected chi connectivity index (χ3v) is 2.19. The van der Waals surface area contributed by atoms with Crippen LogP contribution in [0.3, 0.4) is 0 Å². The van der Waals surface area contributed by atoms with Gasteiger partial charge in [-0.1, -0.05) is 32.0 Å². The number of para-hydroxylation sites is 1. The zero-order valence-electron chi connectivity index (χ0n) is 10.9. The van der Waals surface area contributed by atoms with Crippen LogP contribution in [0.5, 0.6) is 11.5 Å². The first-order valence-electron chi connectivity index (χ1n) is 5.92. The molecule has 0 aliphatic rings. The number of halogens is 1. The molecule has 98 valence electrons. The Labute approximate surface area is 112 Å². The molecule has 0 aromatic heterocycles. The minimum Gasteiger partial charge on any atom is -0.456 e. The van der Waals surface area contributed by atoms with Crippen molar-refractivity contribution in [2.24, 2.45) is 0 Å². The van der Waals surface area contributed by atoms with Gasteiger partial charge in [0.05, 0.1) is 11.3 Å². The van der Waals surface area contributed by atoms with E-state index in [2.05, 4.69) is 0 Å². The standard InChI is InChI=1S/C13H9FN2O.C2H6/c14-11-6-9(8-15)13(7-12(11)16)17-10-4-2-1-3-5-10;1-2/h1-7H,16H2;1-2H3. The number of anilines is 1. The Hall–Kier alpha value is -2.54. The van der Waals surface area contributed by atoms with Gasteiger partial charge in [-0.2, -0.15) is 5.26 Å². The summed E-state index contributed by atoms with van der Waals surface area (Å²) in [5, 5.41) is 8.87. The Bertz CT molecular complexity index is 577. The van der Waals surface area contributed by atoms with Crippen LogP contribution in [-0.4, -0.2) is 0 Å². The van der Waals surface area contributed by atoms with Gasteiger partial charge in [0.25, 0.3) is 0 Å². The molecule has 19 heavy (non-hydrogen) atoms. The molecule has 0 spiro atoms. The van der Waals surface area contributed by atoms with E-state index in [0.29, 0.717) is 5.75 Å². The van der Waals surface area contributed by atoms with Gasteiger partial charge in [0, 0.05) is 6.07 Å². The zero-order valence-corrected chi connectivity index (χ0v) is 10.9. The molecule has 0 unspecified atom stereocenters. The predicted octanol–water partition coefficient (Wildman–Crippen LogP) is 4.10. The predicted molar refractivity (Wildman–Crippen MR) is 73.4 cm³/mol. The summed E-state index contributed by atoms with van der Waals surface area (Å²) in [7, 11) is 0. The van der Waals surface area contributed by atoms with Gasteiger partial charge in [-0.15, -0.1) is 0 Å². The van der Waals surface area contributed by atoms with Crippen LogP contribution >= 0.6 is 0 Å². The van der Waals surface area contributed by atoms with Crippen molar-refractivity contribution in [3.63, 3.8) is 0 Å². The minimum absolute atomic E-state index is 0.0464. The van der Waals surface area contributed by atoms with E-state index < -0.39 is 5.82 Å². The van der Waals surface area contributed by atoms with Crippen LogP contribution in [0.15, 0.2) is 42.5 Å². The first kappa shape index (κ1) is 14.5. The van der Waals surface area contributed by atoms with E-state index in [-0.39, 0.29) is 17.0 Å². The molecule has 2 rings (SSSR count). The molecular weight excluding hydrogens is 243 g/mol. The van der Waals surface area contributed by atoms with Gasteiger partial charge in [-0.3, -0.25) is 0 Å². The maximum atomic E-state index is 13.2. The van der Waals surface area contributed by atoms with E-state index >= 15 is 0 Å². The first-order valence-corrected chi connectivity index (χ1v) is 5.92. The monoisotopic (exact) mass is 258 g/mol. The zero-order chi connectivity index (χ0) is 14.3. The second-order valence-corrected chi connectivity index (χ2v) is 3.40. The van der Waals surface area contributed by atoms with Crippen LogP contribution in [0, 0.1) is 17.1 Å². The number of hydrogen-bond acceptors (Lipinski definition) is 3. The highest BCUT2D eigenvalue weighted by atomic mass is 19.1. The molecular formula is C15H15FN2O. The molecule has 0 heterocycles. The summed E-state index contributed by atoms with van der Waals surface area (Å²) in [5.74, 6) is 0.189. The van der Waals surface area contributed by atoms with Crippen molar-refractivity contribution in [3.05, 3.63) is 53.8 Å². The molecule has 0 radical (unpaired) electrons. The van der Waals surface area contributed by atoms with Crippen LogP contribution in [0.2, 0.25) is 0 Å². The lowest BCUT2D eigenvalue weighted by Gasteiger charge is -2.08. The molecule has 0 aliphatic carbocycles. The number of nitriles is 1. The smallest absolute Gasteiger partial charge is 0.147 e. The van der Waals surface area contributed by atoms with Gasteiger partial charge < -0.3 is 10.5 Å². The Morgan fingerprint density at radius 3 is 2.37 bits per heavy atom. The maximum absolute atomic E-state index is 13.2. The molecule has 2 aromatic rings. The summed E-state index contributed by atoms with van der Waals surface area (Å²) in [4.78, 5) is 0. The fourth-order valence-electron chi connectivity index (χ4n) is 1.36. The van der Waals surface area contributed by atoms with Gasteiger partial charge in [0.1, 0.15) is 23.4 Å². The molecule has 0 bridgehead atoms. The number of nitrogen functional groups attached to an aromatic ring is 1. The van der Waals surface area contributed by atoms with Crippen LogP contribution < -0.4 is 10.5 Å². The summed E-state index contributed by atoms with van der Waals surface area (Å²) in [6.07, 6.45) is 0. The molecule has 0 saturated heterocycles. The second kappa shape index (κ2) is 7.02. The largest absolute Gasteiger partial charge is 0.456 e. The molecule has 4 heteroatoms. The first-order chi connectivity index (χ1) is 9.20. The lowest BCUT2D eigenvalue weighted by Crippen LogP contribution is -1.95. The van der Waals surface area contributed by atoms with Crippen molar-refractivity contribution in [1.29, 1.82) is 5.26 Å². The van der Waals surface area contributed by atoms with E-state index in [1.807, 2.05) is 26.0 Å². The van der Waals surface area contributed by atoms with Crippen LogP contribution in [0.4, 0.5) is 10.1 Å². The maximum Gasteiger partial charge on any atom is 0.147 e. The van der Waals surface area contributed by atoms with E-state index in [0.717, 1.165) is 6.07 Å². The molecule has 0 saturated carbocycles. The average Bonchev–Trinajstić information content (AvgIpc) is 2.46. The molecule has 3 nitrogen and oxygen atoms in total. The third-order valence-electron chi connectivity index (χ3n) is 2.19. The summed E-state index contributed by atoms with van der Waals surface area (Å²) < 4.78 is 18.6. The van der Waals surface area contributed by atoms with Gasteiger partial charge >= 0.3 is 0 Å². The summed E-state index contributed by atoms with van der Waals surface area (Å²) in [6.45, 7) is 4.00. The lowest BCUT2D eigenvalue weighted by atomic mass is 10.2. The van der Waals surface area contributed by atoms with E-state index in [1.54, 1.807) is 24.3 Å². The Morgan fingerprint density at radius 2 is 1.79 bits per heavy atom. The Balaban J connectivity index is 0.000000861. The minimum atomic E-state index is -0.623. The fourth-order valence-corrected chi connectivity index (χ4v) is 1.36. The van der Waals surface area contributed by atoms with Gasteiger partial charge in [0.15, 0.2) is 0 Å². The van der Waals surface area contributed by atoms with E-state index in [9.17, 15) is 4.39 Å². The van der Waals surface area contributed by atoms with Crippen molar-refractivity contribution in [2.75, 3.05) is 5.73 Å². The third kappa shape index (κ3) is 3.71. The Morgan fingerprint density at radius 1 is 1.16 bits per heavy atom. The molecule has 2 aromatic carbocycles. The lowest BCUT2D eigenvalue weighted by molar-refractivity contribution is 0.479. The average molecular weight is 258 g/mol. The molecule has 0 aliphatic heterocycles. The highest BCUT2D eigenvalue weighted by molar-refractivity contribution is 5.55. The number of benzene rings is 2. The van der Waals surface area contributed by atoms with Crippen molar-refractivity contribution >= 4 is 5.69 Å². The Kier molecular flexibility index (Phi) is 5.36. The normalized spacial score (nSPS) is 8.95. The topological polar surface area (TPSA) is 59.0 Å². The quantitative estimate of drug-likeness (QED) is 0.825. The number of hydrogen-bond donors (Lipinski definition) is 1. The van der Waals surface area contributed by atoms with E-state index in [4.69, 9.17) is 15.7 Å². The second-order valence-electron chi connectivity index (χ2n) is 3.40. The molecule has 0 atom stereocenters. The molecule has 0 amide bonds. The van der Waals surface area contributed by atoms with Crippen LogP contribution in [0.1, 0.15) is 19.4 Å². The van der Waals surface area contributed by atoms with E-state index in [1.165, 1.54) is 6.07 Å². The molecule has 0 fully saturated rings. The van der Waals surface area contributed by atoms with Crippen LogP contribution in [0.25, 0.3) is 0 Å². The number of nitrogens with zero attached hydrogens (tertiary/aromatic N) is 1. The van der Waals surface area contributed by atoms with Gasteiger partial charge in [0.2, 0.25) is 0 Å². The van der Waals surface area contributed by atoms with Gasteiger partial charge in [-0.25, -0.2) is 4.39 Å². The highest BCUT2D eigenvalue weighted by Crippen LogP contribution is 2.28. The van der Waals surface area contributed by atoms with Crippen LogP contribution in [-0.2, 0) is 0 Å². The molecule has 2 N–H and O–H groups in total. The number of ether oxygens (including phenoxy) is 1. The summed E-state index contributed by atoms with van der Waals surface area (Å²) >= 11 is 0. The fraction of sp³-hybridized carbons (Fsp3) is 0.133. The van der Waals surface area contributed by atoms with Gasteiger partial charge in [-0.05, 0) is 18.2 Å². The summed E-state index contributed by atoms with van der Waals surface area (Å²) in [6, 6.07) is 13.2. The van der Waals surface area contributed by atoms with Crippen molar-refractivity contribution < 1.29 is 9.13 Å².